The van der Waals surface area contributed by atoms with Crippen molar-refractivity contribution in [3.63, 3.8) is 0 Å². The maximum atomic E-state index is 6.09. The Hall–Kier alpha value is 2.17. The van der Waals surface area contributed by atoms with E-state index in [1.54, 1.807) is 0 Å². The van der Waals surface area contributed by atoms with Gasteiger partial charge in [0.05, 0.1) is 0 Å². The minimum Gasteiger partial charge on any atom is -0.146 e. The van der Waals surface area contributed by atoms with E-state index in [1.807, 2.05) is 0 Å². The molecule has 0 aromatic heterocycles. The normalized spacial score (nSPS) is 31.5. The zero-order valence-electron chi connectivity index (χ0n) is 5.89. The van der Waals surface area contributed by atoms with Crippen LogP contribution in [0.2, 0.25) is 6.04 Å². The smallest absolute Gasteiger partial charge is 0.146 e. The third-order valence-electron chi connectivity index (χ3n) is 1.90. The molecule has 0 aromatic carbocycles. The maximum Gasteiger partial charge on any atom is 0.307 e. The van der Waals surface area contributed by atoms with Gasteiger partial charge in [0, 0.05) is 0 Å². The third-order valence-corrected chi connectivity index (χ3v) is 31.4. The Balaban J connectivity index is 2.99. The molecule has 0 atom stereocenters. The molecule has 1 aliphatic heterocycles. The predicted octanol–water partition coefficient (Wildman–Crippen LogP) is 4.41. The molecule has 0 radical (unpaired) electrons. The van der Waals surface area contributed by atoms with Gasteiger partial charge in [-0.15, -0.1) is 67.5 Å². The van der Waals surface area contributed by atoms with Crippen LogP contribution in [0.3, 0.4) is 0 Å². The van der Waals surface area contributed by atoms with Crippen LogP contribution >= 0.6 is 67.5 Å². The van der Waals surface area contributed by atoms with Crippen LogP contribution in [0.1, 0.15) is 12.8 Å². The van der Waals surface area contributed by atoms with Crippen molar-refractivity contribution in [3.8, 4) is 0 Å². The molecule has 72 valence electrons. The van der Waals surface area contributed by atoms with Crippen molar-refractivity contribution in [1.29, 1.82) is 0 Å². The predicted molar refractivity (Wildman–Crippen MR) is 63.4 cm³/mol. The second kappa shape index (κ2) is 3.64. The van der Waals surface area contributed by atoms with Gasteiger partial charge in [-0.25, -0.2) is 0 Å². The SMILES string of the molecule is ClC1(Cl)CCC[Si](Cl)(Cl)[Si]1(Cl)Cl. The summed E-state index contributed by atoms with van der Waals surface area (Å²) in [6.45, 7) is 0. The molecule has 12 heavy (non-hydrogen) atoms. The first-order chi connectivity index (χ1) is 5.21. The van der Waals surface area contributed by atoms with Crippen LogP contribution in [0.5, 0.6) is 0 Å². The summed E-state index contributed by atoms with van der Waals surface area (Å²) in [4.78, 5) is 0. The van der Waals surface area contributed by atoms with Crippen LogP contribution in [0, 0.1) is 0 Å². The highest BCUT2D eigenvalue weighted by atomic mass is 35.8. The van der Waals surface area contributed by atoms with E-state index in [0.717, 1.165) is 6.42 Å². The molecule has 0 bridgehead atoms. The largest absolute Gasteiger partial charge is 0.307 e. The van der Waals surface area contributed by atoms with E-state index in [-0.39, 0.29) is 0 Å². The number of hydrogen-bond acceptors (Lipinski definition) is 0. The molecule has 0 amide bonds. The van der Waals surface area contributed by atoms with E-state index >= 15 is 0 Å². The van der Waals surface area contributed by atoms with Crippen molar-refractivity contribution >= 4 is 79.9 Å². The number of rotatable bonds is 0. The fourth-order valence-corrected chi connectivity index (χ4v) is 17.4. The van der Waals surface area contributed by atoms with Gasteiger partial charge in [0.15, 0.2) is 0 Å². The van der Waals surface area contributed by atoms with Gasteiger partial charge in [-0.3, -0.25) is 0 Å². The van der Waals surface area contributed by atoms with Crippen LogP contribution in [0.25, 0.3) is 0 Å². The minimum atomic E-state index is -2.90. The topological polar surface area (TPSA) is 0 Å². The van der Waals surface area contributed by atoms with Crippen LogP contribution in [0.15, 0.2) is 0 Å². The molecule has 0 aliphatic carbocycles. The van der Waals surface area contributed by atoms with Crippen LogP contribution < -0.4 is 0 Å². The fraction of sp³-hybridized carbons (Fsp3) is 1.00. The molecular weight excluding hydrogens is 317 g/mol. The first-order valence-electron chi connectivity index (χ1n) is 3.34. The number of alkyl halides is 2. The Morgan fingerprint density at radius 2 is 1.50 bits per heavy atom. The lowest BCUT2D eigenvalue weighted by molar-refractivity contribution is 0.796. The van der Waals surface area contributed by atoms with Gasteiger partial charge in [0.25, 0.3) is 6.21 Å². The minimum absolute atomic E-state index is 0.587. The van der Waals surface area contributed by atoms with Crippen molar-refractivity contribution in [2.24, 2.45) is 0 Å². The van der Waals surface area contributed by atoms with Crippen molar-refractivity contribution in [2.45, 2.75) is 22.8 Å². The Kier molecular flexibility index (Phi) is 3.71. The quantitative estimate of drug-likeness (QED) is 0.352. The molecule has 0 nitrogen and oxygen atoms in total. The Labute approximate surface area is 102 Å². The monoisotopic (exact) mass is 320 g/mol. The fourth-order valence-electron chi connectivity index (χ4n) is 1.11. The van der Waals surface area contributed by atoms with Crippen LogP contribution in [-0.4, -0.2) is 16.4 Å². The van der Waals surface area contributed by atoms with Crippen molar-refractivity contribution in [2.75, 3.05) is 0 Å². The van der Waals surface area contributed by atoms with Crippen LogP contribution in [0.4, 0.5) is 0 Å². The average molecular weight is 323 g/mol. The van der Waals surface area contributed by atoms with Gasteiger partial charge in [-0.2, -0.15) is 0 Å². The molecular formula is C4H6Cl6Si2. The van der Waals surface area contributed by atoms with Gasteiger partial charge in [0.2, 0.25) is 0 Å². The van der Waals surface area contributed by atoms with Crippen LogP contribution in [-0.2, 0) is 0 Å². The Bertz CT molecular complexity index is 172. The number of hydrogen-bond donors (Lipinski definition) is 0. The highest BCUT2D eigenvalue weighted by molar-refractivity contribution is 7.94. The molecule has 1 rings (SSSR count). The third kappa shape index (κ3) is 1.91. The second-order valence-electron chi connectivity index (χ2n) is 2.84. The average Bonchev–Trinajstić information content (AvgIpc) is 1.83. The lowest BCUT2D eigenvalue weighted by atomic mass is 10.4. The van der Waals surface area contributed by atoms with Crippen molar-refractivity contribution in [3.05, 3.63) is 0 Å². The summed E-state index contributed by atoms with van der Waals surface area (Å²) in [6, 6.07) is 0.691. The zero-order chi connectivity index (χ0) is 9.62. The molecule has 0 saturated carbocycles. The van der Waals surface area contributed by atoms with E-state index in [4.69, 9.17) is 67.5 Å². The zero-order valence-corrected chi connectivity index (χ0v) is 12.4. The van der Waals surface area contributed by atoms with Gasteiger partial charge >= 0.3 is 6.21 Å². The van der Waals surface area contributed by atoms with Crippen molar-refractivity contribution in [1.82, 2.24) is 0 Å². The molecule has 1 heterocycles. The summed E-state index contributed by atoms with van der Waals surface area (Å²) in [5.41, 5.74) is 0. The summed E-state index contributed by atoms with van der Waals surface area (Å²) >= 11 is 36.3. The summed E-state index contributed by atoms with van der Waals surface area (Å²) < 4.78 is -1.08. The standard InChI is InChI=1S/C4H6Cl6Si2/c5-4(6)2-1-3-11(7,8)12(4,9)10/h1-3H2. The second-order valence-corrected chi connectivity index (χ2v) is 25.9. The summed E-state index contributed by atoms with van der Waals surface area (Å²) in [7, 11) is 0. The lowest BCUT2D eigenvalue weighted by Gasteiger charge is -2.41. The Morgan fingerprint density at radius 3 is 1.83 bits per heavy atom. The first kappa shape index (κ1) is 12.2. The van der Waals surface area contributed by atoms with Crippen molar-refractivity contribution < 1.29 is 0 Å². The summed E-state index contributed by atoms with van der Waals surface area (Å²) in [5, 5.41) is 0. The number of halogens is 6. The summed E-state index contributed by atoms with van der Waals surface area (Å²) in [5.74, 6) is 0. The first-order valence-corrected chi connectivity index (χ1v) is 13.4. The van der Waals surface area contributed by atoms with E-state index < -0.39 is 16.4 Å². The van der Waals surface area contributed by atoms with Gasteiger partial charge in [0.1, 0.15) is 3.96 Å². The van der Waals surface area contributed by atoms with E-state index in [1.165, 1.54) is 0 Å². The highest BCUT2D eigenvalue weighted by Gasteiger charge is 2.67. The maximum absolute atomic E-state index is 6.09. The molecule has 0 unspecified atom stereocenters. The van der Waals surface area contributed by atoms with Gasteiger partial charge < -0.3 is 0 Å². The van der Waals surface area contributed by atoms with E-state index in [2.05, 4.69) is 0 Å². The lowest BCUT2D eigenvalue weighted by Crippen LogP contribution is -2.61. The molecule has 0 spiro atoms. The highest BCUT2D eigenvalue weighted by Crippen LogP contribution is 2.55. The molecule has 1 saturated heterocycles. The van der Waals surface area contributed by atoms with E-state index in [0.29, 0.717) is 12.5 Å². The summed E-state index contributed by atoms with van der Waals surface area (Å²) in [6.07, 6.45) is -4.11. The molecule has 0 aromatic rings. The van der Waals surface area contributed by atoms with Gasteiger partial charge in [-0.05, 0) is 12.5 Å². The van der Waals surface area contributed by atoms with E-state index in [9.17, 15) is 0 Å². The molecule has 0 N–H and O–H groups in total. The molecule has 1 aliphatic rings. The molecule has 8 heteroatoms. The molecule has 1 fully saturated rings. The Morgan fingerprint density at radius 1 is 1.00 bits per heavy atom. The van der Waals surface area contributed by atoms with Gasteiger partial charge in [-0.1, -0.05) is 6.42 Å².